The zero-order valence-electron chi connectivity index (χ0n) is 18.4. The number of amides is 1. The number of anilines is 2. The van der Waals surface area contributed by atoms with Crippen molar-refractivity contribution in [1.82, 2.24) is 19.1 Å². The third kappa shape index (κ3) is 5.99. The molecule has 1 aromatic heterocycles. The molecule has 3 N–H and O–H groups in total. The second-order valence-electron chi connectivity index (χ2n) is 6.58. The fraction of sp³-hybridized carbons (Fsp3) is 0.474. The quantitative estimate of drug-likeness (QED) is 0.359. The number of nitrogen functional groups attached to an aromatic ring is 1. The molecule has 1 unspecified atom stereocenters. The highest BCUT2D eigenvalue weighted by atomic mass is 32.2. The van der Waals surface area contributed by atoms with Gasteiger partial charge < -0.3 is 15.8 Å². The van der Waals surface area contributed by atoms with Crippen LogP contribution in [0.15, 0.2) is 34.3 Å². The summed E-state index contributed by atoms with van der Waals surface area (Å²) in [6.07, 6.45) is 0. The van der Waals surface area contributed by atoms with Crippen LogP contribution in [0.5, 0.6) is 0 Å². The van der Waals surface area contributed by atoms with Crippen LogP contribution in [0.3, 0.4) is 0 Å². The number of hydrogen-bond acceptors (Lipinski definition) is 9. The first-order chi connectivity index (χ1) is 15.1. The van der Waals surface area contributed by atoms with Gasteiger partial charge in [-0.15, -0.1) is 10.2 Å². The summed E-state index contributed by atoms with van der Waals surface area (Å²) in [5.74, 6) is -0.793. The topological polar surface area (TPSA) is 150 Å². The van der Waals surface area contributed by atoms with Crippen molar-refractivity contribution in [3.8, 4) is 0 Å². The Bertz CT molecular complexity index is 1030. The molecule has 0 aliphatic heterocycles. The summed E-state index contributed by atoms with van der Waals surface area (Å²) in [5, 5.41) is 10.7. The first-order valence-electron chi connectivity index (χ1n) is 10.0. The minimum atomic E-state index is -3.58. The molecule has 0 saturated heterocycles. The van der Waals surface area contributed by atoms with Gasteiger partial charge in [0.05, 0.1) is 17.3 Å². The minimum Gasteiger partial charge on any atom is -0.465 e. The number of aromatic nitrogens is 3. The van der Waals surface area contributed by atoms with E-state index in [1.165, 1.54) is 33.1 Å². The van der Waals surface area contributed by atoms with E-state index < -0.39 is 27.9 Å². The molecule has 1 heterocycles. The molecule has 0 bridgehead atoms. The van der Waals surface area contributed by atoms with Crippen LogP contribution in [-0.2, 0) is 24.3 Å². The molecule has 0 aliphatic rings. The second-order valence-corrected chi connectivity index (χ2v) is 9.46. The van der Waals surface area contributed by atoms with Crippen LogP contribution in [0.4, 0.5) is 11.6 Å². The lowest BCUT2D eigenvalue weighted by atomic mass is 10.2. The number of sulfonamides is 1. The maximum absolute atomic E-state index is 12.8. The fourth-order valence-electron chi connectivity index (χ4n) is 2.86. The van der Waals surface area contributed by atoms with E-state index in [1.807, 2.05) is 0 Å². The molecular formula is C19H28N6O5S2. The smallest absolute Gasteiger partial charge is 0.316 e. The summed E-state index contributed by atoms with van der Waals surface area (Å²) in [6, 6.07) is 5.15. The van der Waals surface area contributed by atoms with Crippen molar-refractivity contribution in [2.75, 3.05) is 36.5 Å². The Kier molecular flexibility index (Phi) is 9.04. The van der Waals surface area contributed by atoms with E-state index in [0.717, 1.165) is 11.8 Å². The number of hydrogen-bond donors (Lipinski definition) is 2. The molecule has 1 atom stereocenters. The molecule has 32 heavy (non-hydrogen) atoms. The lowest BCUT2D eigenvalue weighted by Gasteiger charge is -2.19. The van der Waals surface area contributed by atoms with Crippen molar-refractivity contribution in [1.29, 1.82) is 0 Å². The molecular weight excluding hydrogens is 456 g/mol. The van der Waals surface area contributed by atoms with Gasteiger partial charge in [0, 0.05) is 18.8 Å². The molecule has 0 saturated carbocycles. The van der Waals surface area contributed by atoms with Crippen LogP contribution < -0.4 is 11.1 Å². The number of rotatable bonds is 11. The Balaban J connectivity index is 2.12. The van der Waals surface area contributed by atoms with Gasteiger partial charge in [-0.1, -0.05) is 25.6 Å². The number of ether oxygens (including phenoxy) is 1. The van der Waals surface area contributed by atoms with E-state index in [9.17, 15) is 18.0 Å². The second kappa shape index (κ2) is 11.3. The van der Waals surface area contributed by atoms with Gasteiger partial charge in [0.15, 0.2) is 5.16 Å². The zero-order chi connectivity index (χ0) is 23.9. The molecule has 1 amide bonds. The number of esters is 1. The van der Waals surface area contributed by atoms with Gasteiger partial charge in [0.1, 0.15) is 6.04 Å². The van der Waals surface area contributed by atoms with Crippen LogP contribution in [0.25, 0.3) is 0 Å². The van der Waals surface area contributed by atoms with Crippen LogP contribution in [0.2, 0.25) is 0 Å². The van der Waals surface area contributed by atoms with Crippen molar-refractivity contribution in [3.63, 3.8) is 0 Å². The molecule has 176 valence electrons. The van der Waals surface area contributed by atoms with E-state index in [4.69, 9.17) is 10.5 Å². The highest BCUT2D eigenvalue weighted by molar-refractivity contribution is 7.99. The van der Waals surface area contributed by atoms with E-state index in [-0.39, 0.29) is 23.2 Å². The van der Waals surface area contributed by atoms with Gasteiger partial charge in [-0.2, -0.15) is 4.31 Å². The molecule has 0 radical (unpaired) electrons. The summed E-state index contributed by atoms with van der Waals surface area (Å²) in [4.78, 5) is 24.5. The average Bonchev–Trinajstić information content (AvgIpc) is 3.13. The maximum Gasteiger partial charge on any atom is 0.316 e. The van der Waals surface area contributed by atoms with Gasteiger partial charge >= 0.3 is 5.97 Å². The van der Waals surface area contributed by atoms with Gasteiger partial charge in [-0.3, -0.25) is 14.2 Å². The maximum atomic E-state index is 12.8. The standard InChI is InChI=1S/C19H28N6O5S2/c1-5-24(6-2)32(28,29)15-10-8-14(9-11-15)21-17(27)13(4)25-18(20)22-23-19(25)31-12-16(26)30-7-3/h8-11,13H,5-7,12H2,1-4H3,(H2,20,22)(H,21,27). The van der Waals surface area contributed by atoms with Gasteiger partial charge in [0.2, 0.25) is 21.9 Å². The third-order valence-corrected chi connectivity index (χ3v) is 7.53. The van der Waals surface area contributed by atoms with Gasteiger partial charge in [-0.25, -0.2) is 8.42 Å². The molecule has 0 aliphatic carbocycles. The van der Waals surface area contributed by atoms with Crippen molar-refractivity contribution >= 4 is 45.3 Å². The van der Waals surface area contributed by atoms with E-state index in [0.29, 0.717) is 23.9 Å². The lowest BCUT2D eigenvalue weighted by Crippen LogP contribution is -2.30. The van der Waals surface area contributed by atoms with Crippen LogP contribution in [0.1, 0.15) is 33.7 Å². The van der Waals surface area contributed by atoms with Crippen molar-refractivity contribution in [2.24, 2.45) is 0 Å². The number of carbonyl (C=O) groups is 2. The summed E-state index contributed by atoms with van der Waals surface area (Å²) >= 11 is 1.06. The van der Waals surface area contributed by atoms with Gasteiger partial charge in [0.25, 0.3) is 0 Å². The largest absolute Gasteiger partial charge is 0.465 e. The normalized spacial score (nSPS) is 12.5. The van der Waals surface area contributed by atoms with Crippen LogP contribution in [0, 0.1) is 0 Å². The summed E-state index contributed by atoms with van der Waals surface area (Å²) < 4.78 is 32.8. The van der Waals surface area contributed by atoms with Gasteiger partial charge in [-0.05, 0) is 38.1 Å². The third-order valence-electron chi connectivity index (χ3n) is 4.55. The van der Waals surface area contributed by atoms with Crippen molar-refractivity contribution in [3.05, 3.63) is 24.3 Å². The van der Waals surface area contributed by atoms with E-state index in [1.54, 1.807) is 27.7 Å². The highest BCUT2D eigenvalue weighted by Gasteiger charge is 2.24. The number of nitrogens with one attached hydrogen (secondary N) is 1. The predicted octanol–water partition coefficient (Wildman–Crippen LogP) is 1.75. The predicted molar refractivity (Wildman–Crippen MR) is 122 cm³/mol. The monoisotopic (exact) mass is 484 g/mol. The van der Waals surface area contributed by atoms with Crippen molar-refractivity contribution < 1.29 is 22.7 Å². The Morgan fingerprint density at radius 1 is 1.19 bits per heavy atom. The first kappa shape index (κ1) is 25.6. The van der Waals surface area contributed by atoms with E-state index >= 15 is 0 Å². The fourth-order valence-corrected chi connectivity index (χ4v) is 5.14. The summed E-state index contributed by atoms with van der Waals surface area (Å²) in [5.41, 5.74) is 6.29. The number of thioether (sulfide) groups is 1. The Labute approximate surface area is 191 Å². The molecule has 11 nitrogen and oxygen atoms in total. The van der Waals surface area contributed by atoms with Crippen LogP contribution >= 0.6 is 11.8 Å². The first-order valence-corrected chi connectivity index (χ1v) is 12.5. The Morgan fingerprint density at radius 2 is 1.81 bits per heavy atom. The summed E-state index contributed by atoms with van der Waals surface area (Å²) in [7, 11) is -3.58. The van der Waals surface area contributed by atoms with E-state index in [2.05, 4.69) is 15.5 Å². The molecule has 2 aromatic rings. The zero-order valence-corrected chi connectivity index (χ0v) is 20.1. The number of benzene rings is 1. The molecule has 0 spiro atoms. The Hall–Kier alpha value is -2.64. The van der Waals surface area contributed by atoms with Crippen LogP contribution in [-0.4, -0.2) is 64.8 Å². The molecule has 0 fully saturated rings. The average molecular weight is 485 g/mol. The number of nitrogens with two attached hydrogens (primary N) is 1. The summed E-state index contributed by atoms with van der Waals surface area (Å²) in [6.45, 7) is 7.86. The van der Waals surface area contributed by atoms with Crippen molar-refractivity contribution in [2.45, 2.75) is 43.8 Å². The number of carbonyl (C=O) groups excluding carboxylic acids is 2. The molecule has 2 rings (SSSR count). The minimum absolute atomic E-state index is 0.00276. The SMILES string of the molecule is CCOC(=O)CSc1nnc(N)n1C(C)C(=O)Nc1ccc(S(=O)(=O)N(CC)CC)cc1. The molecule has 13 heteroatoms. The molecule has 1 aromatic carbocycles. The Morgan fingerprint density at radius 3 is 2.38 bits per heavy atom. The number of nitrogens with zero attached hydrogens (tertiary/aromatic N) is 4. The lowest BCUT2D eigenvalue weighted by molar-refractivity contribution is -0.139. The highest BCUT2D eigenvalue weighted by Crippen LogP contribution is 2.25.